The Morgan fingerprint density at radius 3 is 1.00 bits per heavy atom. The quantitative estimate of drug-likeness (QED) is 0.0420. The molecule has 0 spiro atoms. The predicted octanol–water partition coefficient (Wildman–Crippen LogP) is 20.9. The molecule has 0 aliphatic rings. The van der Waals surface area contributed by atoms with Crippen molar-refractivity contribution >= 4 is 5.91 Å². The summed E-state index contributed by atoms with van der Waals surface area (Å²) in [7, 11) is 0. The highest BCUT2D eigenvalue weighted by Crippen LogP contribution is 2.18. The molecule has 0 aromatic heterocycles. The lowest BCUT2D eigenvalue weighted by atomic mass is 10.0. The maximum atomic E-state index is 12.5. The molecule has 0 fully saturated rings. The topological polar surface area (TPSA) is 69.6 Å². The number of rotatable bonds is 57. The molecule has 0 aromatic rings. The summed E-state index contributed by atoms with van der Waals surface area (Å²) < 4.78 is 0. The van der Waals surface area contributed by atoms with E-state index in [-0.39, 0.29) is 12.5 Å². The smallest absolute Gasteiger partial charge is 0.220 e. The zero-order valence-corrected chi connectivity index (χ0v) is 47.0. The van der Waals surface area contributed by atoms with Gasteiger partial charge >= 0.3 is 0 Å². The molecule has 0 aliphatic carbocycles. The van der Waals surface area contributed by atoms with Gasteiger partial charge in [-0.1, -0.05) is 318 Å². The van der Waals surface area contributed by atoms with E-state index in [1.54, 1.807) is 6.08 Å². The Bertz CT molecular complexity index is 1200. The highest BCUT2D eigenvalue weighted by molar-refractivity contribution is 5.76. The van der Waals surface area contributed by atoms with E-state index < -0.39 is 12.1 Å². The summed E-state index contributed by atoms with van der Waals surface area (Å²) in [5.41, 5.74) is 0. The molecule has 2 atom stereocenters. The second kappa shape index (κ2) is 61.1. The first-order valence-electron chi connectivity index (χ1n) is 31.2. The van der Waals surface area contributed by atoms with Crippen molar-refractivity contribution < 1.29 is 15.0 Å². The van der Waals surface area contributed by atoms with Crippen LogP contribution in [0.15, 0.2) is 72.9 Å². The van der Waals surface area contributed by atoms with Gasteiger partial charge in [-0.3, -0.25) is 4.79 Å². The van der Waals surface area contributed by atoms with Crippen LogP contribution in [0.1, 0.15) is 322 Å². The Balaban J connectivity index is 3.50. The second-order valence-electron chi connectivity index (χ2n) is 21.1. The van der Waals surface area contributed by atoms with E-state index in [2.05, 4.69) is 79.9 Å². The number of aliphatic hydroxyl groups is 2. The Hall–Kier alpha value is -2.17. The lowest BCUT2D eigenvalue weighted by Gasteiger charge is -2.19. The second-order valence-corrected chi connectivity index (χ2v) is 21.1. The number of unbranched alkanes of at least 4 members (excludes halogenated alkanes) is 40. The first kappa shape index (κ1) is 67.8. The lowest BCUT2D eigenvalue weighted by molar-refractivity contribution is -0.123. The number of aliphatic hydroxyl groups excluding tert-OH is 2. The summed E-state index contributed by atoms with van der Waals surface area (Å²) in [6.45, 7) is 4.22. The fourth-order valence-corrected chi connectivity index (χ4v) is 9.48. The number of allylic oxidation sites excluding steroid dienone is 11. The van der Waals surface area contributed by atoms with Crippen molar-refractivity contribution in [2.45, 2.75) is 334 Å². The molecule has 0 saturated carbocycles. The summed E-state index contributed by atoms with van der Waals surface area (Å²) in [5, 5.41) is 23.2. The molecule has 2 unspecified atom stereocenters. The highest BCUT2D eigenvalue weighted by atomic mass is 16.3. The van der Waals surface area contributed by atoms with Gasteiger partial charge in [0.1, 0.15) is 0 Å². The lowest BCUT2D eigenvalue weighted by Crippen LogP contribution is -2.45. The summed E-state index contributed by atoms with van der Waals surface area (Å²) in [4.78, 5) is 12.5. The summed E-state index contributed by atoms with van der Waals surface area (Å²) in [6, 6.07) is -0.642. The highest BCUT2D eigenvalue weighted by Gasteiger charge is 2.18. The predicted molar refractivity (Wildman–Crippen MR) is 313 cm³/mol. The van der Waals surface area contributed by atoms with E-state index in [1.165, 1.54) is 244 Å². The minimum absolute atomic E-state index is 0.0705. The molecular formula is C66H121NO3. The van der Waals surface area contributed by atoms with Gasteiger partial charge in [0.15, 0.2) is 0 Å². The SMILES string of the molecule is CC/C=C\C/C=C\C/C=C\C/C=C\CCCCCCCCCCCCCCCCCCCCC(=O)NC(CO)C(O)/C=C/CC/C=C/CCCCCCCCCCCCCCCCCCCCCCC. The van der Waals surface area contributed by atoms with Gasteiger partial charge in [0, 0.05) is 6.42 Å². The maximum absolute atomic E-state index is 12.5. The average molecular weight is 977 g/mol. The van der Waals surface area contributed by atoms with Crippen molar-refractivity contribution in [3.8, 4) is 0 Å². The van der Waals surface area contributed by atoms with Crippen LogP contribution >= 0.6 is 0 Å². The van der Waals surface area contributed by atoms with Gasteiger partial charge in [0.05, 0.1) is 18.8 Å². The number of nitrogens with one attached hydrogen (secondary N) is 1. The third-order valence-corrected chi connectivity index (χ3v) is 14.2. The number of hydrogen-bond donors (Lipinski definition) is 3. The van der Waals surface area contributed by atoms with Crippen molar-refractivity contribution in [1.29, 1.82) is 0 Å². The van der Waals surface area contributed by atoms with Gasteiger partial charge in [-0.25, -0.2) is 0 Å². The van der Waals surface area contributed by atoms with Crippen LogP contribution < -0.4 is 5.32 Å². The Morgan fingerprint density at radius 1 is 0.357 bits per heavy atom. The third kappa shape index (κ3) is 56.7. The summed E-state index contributed by atoms with van der Waals surface area (Å²) >= 11 is 0. The van der Waals surface area contributed by atoms with Crippen LogP contribution in [0.4, 0.5) is 0 Å². The monoisotopic (exact) mass is 976 g/mol. The van der Waals surface area contributed by atoms with E-state index in [9.17, 15) is 15.0 Å². The van der Waals surface area contributed by atoms with Crippen molar-refractivity contribution in [1.82, 2.24) is 5.32 Å². The summed E-state index contributed by atoms with van der Waals surface area (Å²) in [6.07, 6.45) is 88.1. The fraction of sp³-hybridized carbons (Fsp3) is 0.803. The molecule has 0 heterocycles. The van der Waals surface area contributed by atoms with Crippen molar-refractivity contribution in [2.24, 2.45) is 0 Å². The van der Waals surface area contributed by atoms with Crippen LogP contribution in [0.5, 0.6) is 0 Å². The molecule has 4 heteroatoms. The van der Waals surface area contributed by atoms with E-state index in [1.807, 2.05) is 6.08 Å². The molecule has 0 rings (SSSR count). The Labute approximate surface area is 438 Å². The van der Waals surface area contributed by atoms with Crippen LogP contribution in [-0.2, 0) is 4.79 Å². The minimum Gasteiger partial charge on any atom is -0.394 e. The van der Waals surface area contributed by atoms with E-state index in [4.69, 9.17) is 0 Å². The maximum Gasteiger partial charge on any atom is 0.220 e. The molecule has 0 radical (unpaired) electrons. The average Bonchev–Trinajstić information content (AvgIpc) is 3.36. The molecule has 0 saturated heterocycles. The van der Waals surface area contributed by atoms with Gasteiger partial charge in [-0.15, -0.1) is 0 Å². The van der Waals surface area contributed by atoms with Crippen LogP contribution in [0, 0.1) is 0 Å². The molecule has 4 nitrogen and oxygen atoms in total. The van der Waals surface area contributed by atoms with Crippen LogP contribution in [-0.4, -0.2) is 34.9 Å². The van der Waals surface area contributed by atoms with Crippen LogP contribution in [0.3, 0.4) is 0 Å². The number of hydrogen-bond acceptors (Lipinski definition) is 3. The normalized spacial score (nSPS) is 13.3. The van der Waals surface area contributed by atoms with Gasteiger partial charge < -0.3 is 15.5 Å². The van der Waals surface area contributed by atoms with Crippen molar-refractivity contribution in [3.05, 3.63) is 72.9 Å². The van der Waals surface area contributed by atoms with Gasteiger partial charge in [-0.2, -0.15) is 0 Å². The van der Waals surface area contributed by atoms with Crippen molar-refractivity contribution in [2.75, 3.05) is 6.61 Å². The van der Waals surface area contributed by atoms with E-state index in [0.29, 0.717) is 6.42 Å². The molecule has 408 valence electrons. The van der Waals surface area contributed by atoms with Crippen molar-refractivity contribution in [3.63, 3.8) is 0 Å². The fourth-order valence-electron chi connectivity index (χ4n) is 9.48. The molecule has 0 aliphatic heterocycles. The van der Waals surface area contributed by atoms with E-state index >= 15 is 0 Å². The summed E-state index contributed by atoms with van der Waals surface area (Å²) in [5.74, 6) is -0.0705. The van der Waals surface area contributed by atoms with Gasteiger partial charge in [-0.05, 0) is 70.6 Å². The number of carbonyl (C=O) groups is 1. The minimum atomic E-state index is -0.865. The standard InChI is InChI=1S/C66H121NO3/c1-3-5-7-9-11-13-15-17-19-21-23-25-27-29-31-32-33-34-36-38-40-42-44-46-48-50-52-54-56-58-60-62-66(70)67-64(63-68)65(69)61-59-57-55-53-51-49-47-45-43-41-39-37-35-30-28-26-24-22-20-18-16-14-12-10-8-6-4-2/h5,7,11,13,17,19,23,25,51,53,59,61,64-65,68-69H,3-4,6,8-10,12,14-16,18,20-22,24,26-50,52,54-58,60,62-63H2,1-2H3,(H,67,70)/b7-5-,13-11-,19-17-,25-23-,53-51+,61-59+. The molecule has 70 heavy (non-hydrogen) atoms. The zero-order chi connectivity index (χ0) is 50.6. The molecule has 0 bridgehead atoms. The Morgan fingerprint density at radius 2 is 0.643 bits per heavy atom. The van der Waals surface area contributed by atoms with Gasteiger partial charge in [0.2, 0.25) is 5.91 Å². The van der Waals surface area contributed by atoms with E-state index in [0.717, 1.165) is 57.8 Å². The molecular weight excluding hydrogens is 855 g/mol. The zero-order valence-electron chi connectivity index (χ0n) is 47.0. The first-order chi connectivity index (χ1) is 34.7. The number of carbonyl (C=O) groups excluding carboxylic acids is 1. The third-order valence-electron chi connectivity index (χ3n) is 14.2. The molecule has 3 N–H and O–H groups in total. The van der Waals surface area contributed by atoms with Crippen LogP contribution in [0.2, 0.25) is 0 Å². The first-order valence-corrected chi connectivity index (χ1v) is 31.2. The van der Waals surface area contributed by atoms with Crippen LogP contribution in [0.25, 0.3) is 0 Å². The molecule has 1 amide bonds. The largest absolute Gasteiger partial charge is 0.394 e. The van der Waals surface area contributed by atoms with Gasteiger partial charge in [0.25, 0.3) is 0 Å². The Kier molecular flexibility index (Phi) is 59.2. The molecule has 0 aromatic carbocycles. The number of amides is 1.